The van der Waals surface area contributed by atoms with Crippen LogP contribution in [0.5, 0.6) is 11.5 Å². The Morgan fingerprint density at radius 3 is 2.59 bits per heavy atom. The molecule has 1 aromatic heterocycles. The fraction of sp³-hybridized carbons (Fsp3) is 0.421. The van der Waals surface area contributed by atoms with E-state index in [0.717, 1.165) is 11.1 Å². The van der Waals surface area contributed by atoms with E-state index in [4.69, 9.17) is 9.47 Å². The van der Waals surface area contributed by atoms with Crippen molar-refractivity contribution in [1.29, 1.82) is 0 Å². The number of benzene rings is 1. The van der Waals surface area contributed by atoms with Gasteiger partial charge in [-0.1, -0.05) is 6.07 Å². The van der Waals surface area contributed by atoms with E-state index in [0.29, 0.717) is 24.6 Å². The van der Waals surface area contributed by atoms with Gasteiger partial charge in [-0.25, -0.2) is 0 Å². The highest BCUT2D eigenvalue weighted by Crippen LogP contribution is 2.28. The second-order valence-electron chi connectivity index (χ2n) is 6.11. The molecular formula is C19H28ClN5O4. The molecule has 0 aliphatic heterocycles. The summed E-state index contributed by atoms with van der Waals surface area (Å²) in [7, 11) is 5.05. The summed E-state index contributed by atoms with van der Waals surface area (Å²) < 4.78 is 12.5. The van der Waals surface area contributed by atoms with Crippen molar-refractivity contribution < 1.29 is 19.1 Å². The Hall–Kier alpha value is -2.78. The zero-order valence-corrected chi connectivity index (χ0v) is 17.8. The van der Waals surface area contributed by atoms with Crippen molar-refractivity contribution in [3.8, 4) is 11.5 Å². The third-order valence-corrected chi connectivity index (χ3v) is 4.04. The summed E-state index contributed by atoms with van der Waals surface area (Å²) in [6.07, 6.45) is 3.45. The second kappa shape index (κ2) is 11.9. The smallest absolute Gasteiger partial charge is 0.257 e. The lowest BCUT2D eigenvalue weighted by Gasteiger charge is -2.16. The maximum absolute atomic E-state index is 12.5. The molecule has 1 atom stereocenters. The normalized spacial score (nSPS) is 11.2. The largest absolute Gasteiger partial charge is 0.493 e. The van der Waals surface area contributed by atoms with E-state index in [9.17, 15) is 9.59 Å². The number of aryl methyl sites for hydroxylation is 1. The molecule has 9 nitrogen and oxygen atoms in total. The average Bonchev–Trinajstić information content (AvgIpc) is 3.11. The van der Waals surface area contributed by atoms with Crippen molar-refractivity contribution in [3.63, 3.8) is 0 Å². The molecule has 2 rings (SSSR count). The van der Waals surface area contributed by atoms with E-state index in [1.165, 1.54) is 7.11 Å². The number of likely N-dealkylation sites (N-methyl/N-ethyl adjacent to an activating group) is 2. The first-order chi connectivity index (χ1) is 13.5. The minimum Gasteiger partial charge on any atom is -0.493 e. The van der Waals surface area contributed by atoms with E-state index in [2.05, 4.69) is 21.0 Å². The van der Waals surface area contributed by atoms with Crippen molar-refractivity contribution in [2.24, 2.45) is 7.05 Å². The SMILES string of the molecule is CCNC(=O)COc1ccc(CNC(=O)C(NC)c2cnn(C)c2)cc1OC.Cl. The zero-order valence-electron chi connectivity index (χ0n) is 17.0. The van der Waals surface area contributed by atoms with Crippen LogP contribution in [0.1, 0.15) is 24.1 Å². The Kier molecular flexibility index (Phi) is 9.98. The summed E-state index contributed by atoms with van der Waals surface area (Å²) >= 11 is 0. The molecule has 29 heavy (non-hydrogen) atoms. The fourth-order valence-electron chi connectivity index (χ4n) is 2.66. The van der Waals surface area contributed by atoms with Gasteiger partial charge in [-0.3, -0.25) is 14.3 Å². The van der Waals surface area contributed by atoms with Gasteiger partial charge in [0, 0.05) is 31.9 Å². The van der Waals surface area contributed by atoms with Crippen LogP contribution in [0.25, 0.3) is 0 Å². The van der Waals surface area contributed by atoms with E-state index in [-0.39, 0.29) is 30.8 Å². The third-order valence-electron chi connectivity index (χ3n) is 4.04. The molecule has 0 radical (unpaired) electrons. The van der Waals surface area contributed by atoms with Crippen molar-refractivity contribution in [1.82, 2.24) is 25.7 Å². The van der Waals surface area contributed by atoms with Gasteiger partial charge in [-0.15, -0.1) is 12.4 Å². The quantitative estimate of drug-likeness (QED) is 0.523. The zero-order chi connectivity index (χ0) is 20.5. The molecule has 1 unspecified atom stereocenters. The first-order valence-corrected chi connectivity index (χ1v) is 8.98. The summed E-state index contributed by atoms with van der Waals surface area (Å²) in [5, 5.41) is 12.6. The molecule has 0 fully saturated rings. The molecule has 10 heteroatoms. The first kappa shape index (κ1) is 24.3. The lowest BCUT2D eigenvalue weighted by molar-refractivity contribution is -0.124. The van der Waals surface area contributed by atoms with Crippen LogP contribution in [-0.4, -0.2) is 48.9 Å². The number of amides is 2. The number of carbonyl (C=O) groups excluding carboxylic acids is 2. The van der Waals surface area contributed by atoms with Crippen LogP contribution in [0.15, 0.2) is 30.6 Å². The summed E-state index contributed by atoms with van der Waals surface area (Å²) in [6, 6.07) is 4.81. The van der Waals surface area contributed by atoms with Gasteiger partial charge in [0.2, 0.25) is 5.91 Å². The monoisotopic (exact) mass is 425 g/mol. The molecule has 0 aliphatic rings. The number of nitrogens with zero attached hydrogens (tertiary/aromatic N) is 2. The van der Waals surface area contributed by atoms with Crippen LogP contribution in [0.4, 0.5) is 0 Å². The number of aromatic nitrogens is 2. The molecule has 0 spiro atoms. The van der Waals surface area contributed by atoms with Crippen LogP contribution in [0.3, 0.4) is 0 Å². The van der Waals surface area contributed by atoms with Crippen LogP contribution in [0, 0.1) is 0 Å². The van der Waals surface area contributed by atoms with Crippen LogP contribution < -0.4 is 25.4 Å². The highest BCUT2D eigenvalue weighted by atomic mass is 35.5. The Balaban J connectivity index is 0.00000420. The second-order valence-corrected chi connectivity index (χ2v) is 6.11. The number of hydrogen-bond acceptors (Lipinski definition) is 6. The van der Waals surface area contributed by atoms with Gasteiger partial charge in [0.1, 0.15) is 6.04 Å². The van der Waals surface area contributed by atoms with Crippen molar-refractivity contribution in [2.75, 3.05) is 27.3 Å². The molecule has 0 saturated carbocycles. The lowest BCUT2D eigenvalue weighted by atomic mass is 10.1. The number of carbonyl (C=O) groups is 2. The molecule has 1 heterocycles. The minimum atomic E-state index is -0.490. The Labute approximate surface area is 176 Å². The van der Waals surface area contributed by atoms with Crippen molar-refractivity contribution in [3.05, 3.63) is 41.7 Å². The summed E-state index contributed by atoms with van der Waals surface area (Å²) in [5.41, 5.74) is 1.63. The van der Waals surface area contributed by atoms with Crippen molar-refractivity contribution in [2.45, 2.75) is 19.5 Å². The van der Waals surface area contributed by atoms with Crippen LogP contribution in [0.2, 0.25) is 0 Å². The minimum absolute atomic E-state index is 0. The topological polar surface area (TPSA) is 107 Å². The molecular weight excluding hydrogens is 398 g/mol. The Morgan fingerprint density at radius 1 is 1.24 bits per heavy atom. The maximum atomic E-state index is 12.5. The molecule has 2 aromatic rings. The number of rotatable bonds is 10. The number of halogens is 1. The number of hydrogen-bond donors (Lipinski definition) is 3. The van der Waals surface area contributed by atoms with E-state index < -0.39 is 6.04 Å². The third kappa shape index (κ3) is 6.95. The van der Waals surface area contributed by atoms with Gasteiger partial charge in [-0.05, 0) is 31.7 Å². The van der Waals surface area contributed by atoms with Crippen molar-refractivity contribution >= 4 is 24.2 Å². The predicted molar refractivity (Wildman–Crippen MR) is 111 cm³/mol. The number of ether oxygens (including phenoxy) is 2. The summed E-state index contributed by atoms with van der Waals surface area (Å²) in [6.45, 7) is 2.62. The molecule has 160 valence electrons. The predicted octanol–water partition coefficient (Wildman–Crippen LogP) is 0.942. The molecule has 3 N–H and O–H groups in total. The Bertz CT molecular complexity index is 812. The van der Waals surface area contributed by atoms with Crippen LogP contribution in [-0.2, 0) is 23.2 Å². The highest BCUT2D eigenvalue weighted by Gasteiger charge is 2.20. The van der Waals surface area contributed by atoms with Gasteiger partial charge < -0.3 is 25.4 Å². The number of nitrogens with one attached hydrogen (secondary N) is 3. The summed E-state index contributed by atoms with van der Waals surface area (Å²) in [5.74, 6) is 0.598. The molecule has 0 bridgehead atoms. The highest BCUT2D eigenvalue weighted by molar-refractivity contribution is 5.85. The lowest BCUT2D eigenvalue weighted by Crippen LogP contribution is -2.35. The Morgan fingerprint density at radius 2 is 2.00 bits per heavy atom. The standard InChI is InChI=1S/C19H27N5O4.ClH/c1-5-21-17(25)12-28-15-7-6-13(8-16(15)27-4)9-22-19(26)18(20-2)14-10-23-24(3)11-14;/h6-8,10-11,18,20H,5,9,12H2,1-4H3,(H,21,25)(H,22,26);1H. The van der Waals surface area contributed by atoms with Gasteiger partial charge in [0.05, 0.1) is 13.3 Å². The molecule has 1 aromatic carbocycles. The summed E-state index contributed by atoms with van der Waals surface area (Å²) in [4.78, 5) is 24.0. The number of methoxy groups -OCH3 is 1. The average molecular weight is 426 g/mol. The molecule has 2 amide bonds. The van der Waals surface area contributed by atoms with E-state index in [1.54, 1.807) is 43.3 Å². The first-order valence-electron chi connectivity index (χ1n) is 8.98. The van der Waals surface area contributed by atoms with E-state index >= 15 is 0 Å². The van der Waals surface area contributed by atoms with Gasteiger partial charge >= 0.3 is 0 Å². The van der Waals surface area contributed by atoms with E-state index in [1.807, 2.05) is 13.0 Å². The maximum Gasteiger partial charge on any atom is 0.257 e. The molecule has 0 saturated heterocycles. The molecule has 0 aliphatic carbocycles. The van der Waals surface area contributed by atoms with Gasteiger partial charge in [0.25, 0.3) is 5.91 Å². The van der Waals surface area contributed by atoms with Gasteiger partial charge in [-0.2, -0.15) is 5.10 Å². The van der Waals surface area contributed by atoms with Crippen LogP contribution >= 0.6 is 12.4 Å². The fourth-order valence-corrected chi connectivity index (χ4v) is 2.66. The van der Waals surface area contributed by atoms with Gasteiger partial charge in [0.15, 0.2) is 18.1 Å².